The summed E-state index contributed by atoms with van der Waals surface area (Å²) < 4.78 is 64.9. The molecule has 2 nitrogen and oxygen atoms in total. The number of benzene rings is 3. The first-order chi connectivity index (χ1) is 16.9. The molecule has 0 radical (unpaired) electrons. The molecule has 0 amide bonds. The summed E-state index contributed by atoms with van der Waals surface area (Å²) in [5.41, 5.74) is 1.25. The minimum atomic E-state index is -2.93. The molecule has 3 aromatic carbocycles. The first-order valence-corrected chi connectivity index (χ1v) is 12.3. The quantitative estimate of drug-likeness (QED) is 0.271. The van der Waals surface area contributed by atoms with E-state index < -0.39 is 18.2 Å². The molecule has 0 unspecified atom stereocenters. The Morgan fingerprint density at radius 2 is 1.56 bits per heavy atom. The molecule has 0 aromatic heterocycles. The van der Waals surface area contributed by atoms with Gasteiger partial charge in [0, 0.05) is 11.1 Å². The molecule has 0 atom stereocenters. The summed E-state index contributed by atoms with van der Waals surface area (Å²) >= 11 is 0. The molecule has 0 heterocycles. The van der Waals surface area contributed by atoms with Crippen molar-refractivity contribution in [3.63, 3.8) is 0 Å². The maximum atomic E-state index is 15.3. The summed E-state index contributed by atoms with van der Waals surface area (Å²) in [6.45, 7) is -0.718. The van der Waals surface area contributed by atoms with E-state index in [4.69, 9.17) is 4.74 Å². The lowest BCUT2D eigenvalue weighted by atomic mass is 9.77. The van der Waals surface area contributed by atoms with E-state index in [0.717, 1.165) is 24.3 Å². The van der Waals surface area contributed by atoms with Crippen molar-refractivity contribution in [2.45, 2.75) is 71.8 Å². The van der Waals surface area contributed by atoms with Crippen molar-refractivity contribution >= 4 is 0 Å². The Morgan fingerprint density at radius 1 is 0.861 bits per heavy atom. The summed E-state index contributed by atoms with van der Waals surface area (Å²) in [5, 5.41) is 0. The van der Waals surface area contributed by atoms with Crippen LogP contribution in [0.1, 0.15) is 70.8 Å². The summed E-state index contributed by atoms with van der Waals surface area (Å²) in [6.07, 6.45) is 8.25. The van der Waals surface area contributed by atoms with Crippen LogP contribution in [0.2, 0.25) is 0 Å². The molecule has 1 fully saturated rings. The van der Waals surface area contributed by atoms with Gasteiger partial charge in [-0.15, -0.1) is 0 Å². The van der Waals surface area contributed by atoms with Gasteiger partial charge in [0.05, 0.1) is 0 Å². The van der Waals surface area contributed by atoms with Gasteiger partial charge in [-0.2, -0.15) is 8.78 Å². The SMILES string of the molecule is C.CCCCC1CCC(c2ccc(-c3cccc(Oc4ccc(OC(F)F)cc4)c3F)c(F)c2)CC1. The second-order valence-corrected chi connectivity index (χ2v) is 9.17. The van der Waals surface area contributed by atoms with E-state index >= 15 is 8.78 Å². The van der Waals surface area contributed by atoms with E-state index in [-0.39, 0.29) is 35.8 Å². The number of halogens is 4. The van der Waals surface area contributed by atoms with Gasteiger partial charge in [-0.3, -0.25) is 0 Å². The van der Waals surface area contributed by atoms with Crippen LogP contribution < -0.4 is 9.47 Å². The molecule has 0 N–H and O–H groups in total. The molecule has 1 aliphatic carbocycles. The van der Waals surface area contributed by atoms with E-state index in [2.05, 4.69) is 11.7 Å². The molecular formula is C30H34F4O2. The minimum absolute atomic E-state index is 0. The molecule has 4 rings (SSSR count). The number of ether oxygens (including phenoxy) is 2. The maximum absolute atomic E-state index is 15.3. The van der Waals surface area contributed by atoms with Crippen LogP contribution in [0, 0.1) is 17.6 Å². The zero-order valence-corrected chi connectivity index (χ0v) is 19.8. The van der Waals surface area contributed by atoms with Gasteiger partial charge in [0.25, 0.3) is 0 Å². The number of alkyl halides is 2. The van der Waals surface area contributed by atoms with E-state index in [0.29, 0.717) is 5.92 Å². The standard InChI is InChI=1S/C29H30F4O2.CH4/c1-2-3-5-19-8-10-20(11-9-19)21-12-17-24(26(30)18-21)25-6-4-7-27(28(25)31)34-22-13-15-23(16-14-22)35-29(32)33;/h4,6-7,12-20,29H,2-3,5,8-11H2,1H3;1H4. The highest BCUT2D eigenvalue weighted by Gasteiger charge is 2.23. The van der Waals surface area contributed by atoms with Crippen LogP contribution in [0.25, 0.3) is 11.1 Å². The molecule has 3 aromatic rings. The van der Waals surface area contributed by atoms with Crippen molar-refractivity contribution in [3.8, 4) is 28.4 Å². The molecule has 0 bridgehead atoms. The average Bonchev–Trinajstić information content (AvgIpc) is 2.85. The van der Waals surface area contributed by atoms with Gasteiger partial charge >= 0.3 is 6.61 Å². The molecule has 1 aliphatic rings. The summed E-state index contributed by atoms with van der Waals surface area (Å²) in [4.78, 5) is 0. The molecule has 0 spiro atoms. The second-order valence-electron chi connectivity index (χ2n) is 9.17. The fourth-order valence-electron chi connectivity index (χ4n) is 4.89. The van der Waals surface area contributed by atoms with Gasteiger partial charge in [0.1, 0.15) is 17.3 Å². The molecular weight excluding hydrogens is 468 g/mol. The highest BCUT2D eigenvalue weighted by molar-refractivity contribution is 5.67. The summed E-state index contributed by atoms with van der Waals surface area (Å²) in [6, 6.07) is 15.0. The van der Waals surface area contributed by atoms with Crippen LogP contribution in [-0.4, -0.2) is 6.61 Å². The third-order valence-corrected chi connectivity index (χ3v) is 6.81. The number of hydrogen-bond acceptors (Lipinski definition) is 2. The smallest absolute Gasteiger partial charge is 0.387 e. The fraction of sp³-hybridized carbons (Fsp3) is 0.400. The van der Waals surface area contributed by atoms with E-state index in [1.165, 1.54) is 68.5 Å². The molecule has 194 valence electrons. The van der Waals surface area contributed by atoms with Gasteiger partial charge in [0.15, 0.2) is 11.6 Å². The lowest BCUT2D eigenvalue weighted by molar-refractivity contribution is -0.0498. The zero-order valence-electron chi connectivity index (χ0n) is 19.8. The van der Waals surface area contributed by atoms with Crippen LogP contribution >= 0.6 is 0 Å². The van der Waals surface area contributed by atoms with Crippen molar-refractivity contribution in [3.05, 3.63) is 77.9 Å². The Labute approximate surface area is 211 Å². The normalized spacial score (nSPS) is 17.5. The van der Waals surface area contributed by atoms with Gasteiger partial charge in [-0.05, 0) is 79.5 Å². The zero-order chi connectivity index (χ0) is 24.8. The molecule has 1 saturated carbocycles. The summed E-state index contributed by atoms with van der Waals surface area (Å²) in [5.74, 6) is 0.0990. The highest BCUT2D eigenvalue weighted by atomic mass is 19.3. The van der Waals surface area contributed by atoms with Crippen LogP contribution in [0.4, 0.5) is 17.6 Å². The van der Waals surface area contributed by atoms with Gasteiger partial charge in [-0.1, -0.05) is 57.9 Å². The Morgan fingerprint density at radius 3 is 2.19 bits per heavy atom. The number of rotatable bonds is 9. The van der Waals surface area contributed by atoms with Crippen LogP contribution in [-0.2, 0) is 0 Å². The van der Waals surface area contributed by atoms with Crippen LogP contribution in [0.15, 0.2) is 60.7 Å². The third kappa shape index (κ3) is 6.80. The van der Waals surface area contributed by atoms with Gasteiger partial charge < -0.3 is 9.47 Å². The predicted molar refractivity (Wildman–Crippen MR) is 136 cm³/mol. The van der Waals surface area contributed by atoms with Crippen LogP contribution in [0.5, 0.6) is 17.2 Å². The van der Waals surface area contributed by atoms with Crippen molar-refractivity contribution in [1.82, 2.24) is 0 Å². The lowest BCUT2D eigenvalue weighted by Gasteiger charge is -2.29. The Balaban J connectivity index is 0.00000361. The van der Waals surface area contributed by atoms with E-state index in [1.807, 2.05) is 6.07 Å². The third-order valence-electron chi connectivity index (χ3n) is 6.81. The Kier molecular flexibility index (Phi) is 9.80. The molecule has 0 saturated heterocycles. The first kappa shape index (κ1) is 27.6. The van der Waals surface area contributed by atoms with Crippen molar-refractivity contribution in [2.75, 3.05) is 0 Å². The monoisotopic (exact) mass is 502 g/mol. The van der Waals surface area contributed by atoms with Crippen molar-refractivity contribution in [2.24, 2.45) is 5.92 Å². The maximum Gasteiger partial charge on any atom is 0.387 e. The van der Waals surface area contributed by atoms with Gasteiger partial charge in [-0.25, -0.2) is 8.78 Å². The lowest BCUT2D eigenvalue weighted by Crippen LogP contribution is -2.13. The first-order valence-electron chi connectivity index (χ1n) is 12.3. The van der Waals surface area contributed by atoms with Crippen molar-refractivity contribution < 1.29 is 27.0 Å². The molecule has 36 heavy (non-hydrogen) atoms. The highest BCUT2D eigenvalue weighted by Crippen LogP contribution is 2.40. The van der Waals surface area contributed by atoms with Crippen LogP contribution in [0.3, 0.4) is 0 Å². The Bertz CT molecular complexity index is 1110. The van der Waals surface area contributed by atoms with E-state index in [1.54, 1.807) is 18.2 Å². The minimum Gasteiger partial charge on any atom is -0.454 e. The average molecular weight is 503 g/mol. The number of hydrogen-bond donors (Lipinski definition) is 0. The molecule has 6 heteroatoms. The molecule has 0 aliphatic heterocycles. The van der Waals surface area contributed by atoms with Gasteiger partial charge in [0.2, 0.25) is 0 Å². The predicted octanol–water partition coefficient (Wildman–Crippen LogP) is 10.1. The Hall–Kier alpha value is -3.02. The number of unbranched alkanes of at least 4 members (excludes halogenated alkanes) is 1. The second kappa shape index (κ2) is 12.8. The van der Waals surface area contributed by atoms with E-state index in [9.17, 15) is 8.78 Å². The summed E-state index contributed by atoms with van der Waals surface area (Å²) in [7, 11) is 0. The fourth-order valence-corrected chi connectivity index (χ4v) is 4.89. The largest absolute Gasteiger partial charge is 0.454 e. The van der Waals surface area contributed by atoms with Crippen molar-refractivity contribution in [1.29, 1.82) is 0 Å². The topological polar surface area (TPSA) is 18.5 Å².